The molecule has 2 heteroatoms. The predicted molar refractivity (Wildman–Crippen MR) is 60.7 cm³/mol. The molecule has 0 N–H and O–H groups in total. The minimum absolute atomic E-state index is 0.899. The van der Waals surface area contributed by atoms with Gasteiger partial charge in [0.2, 0.25) is 0 Å². The van der Waals surface area contributed by atoms with Crippen molar-refractivity contribution in [2.45, 2.75) is 13.5 Å². The molecule has 2 aromatic rings. The molecule has 0 saturated carbocycles. The smallest absolute Gasteiger partial charge is 0.159 e. The third-order valence-electron chi connectivity index (χ3n) is 2.88. The highest BCUT2D eigenvalue weighted by Crippen LogP contribution is 2.35. The summed E-state index contributed by atoms with van der Waals surface area (Å²) in [6, 6.07) is 12.7. The van der Waals surface area contributed by atoms with Gasteiger partial charge in [-0.3, -0.25) is 0 Å². The molecular weight excluding hydrogens is 186 g/mol. The van der Waals surface area contributed by atoms with Crippen LogP contribution in [-0.4, -0.2) is 11.6 Å². The van der Waals surface area contributed by atoms with Crippen molar-refractivity contribution in [2.75, 3.05) is 6.54 Å². The summed E-state index contributed by atoms with van der Waals surface area (Å²) in [5.41, 5.74) is 1.29. The number of benzene rings is 2. The number of nitrogens with zero attached hydrogens (tertiary/aromatic N) is 1. The first kappa shape index (κ1) is 8.74. The predicted octanol–water partition coefficient (Wildman–Crippen LogP) is 2.97. The second-order valence-corrected chi connectivity index (χ2v) is 3.82. The van der Waals surface area contributed by atoms with E-state index in [1.54, 1.807) is 0 Å². The lowest BCUT2D eigenvalue weighted by Crippen LogP contribution is -2.20. The molecule has 0 aliphatic carbocycles. The lowest BCUT2D eigenvalue weighted by Gasteiger charge is -2.10. The molecule has 0 fully saturated rings. The molecule has 2 aromatic carbocycles. The summed E-state index contributed by atoms with van der Waals surface area (Å²) in [6.07, 6.45) is 0. The second-order valence-electron chi connectivity index (χ2n) is 3.82. The first-order valence-corrected chi connectivity index (χ1v) is 5.32. The molecule has 15 heavy (non-hydrogen) atoms. The third-order valence-corrected chi connectivity index (χ3v) is 2.88. The summed E-state index contributed by atoms with van der Waals surface area (Å²) >= 11 is 0. The number of hydrogen-bond acceptors (Lipinski definition) is 2. The van der Waals surface area contributed by atoms with E-state index < -0.39 is 0 Å². The third kappa shape index (κ3) is 1.29. The fourth-order valence-electron chi connectivity index (χ4n) is 2.05. The van der Waals surface area contributed by atoms with Crippen LogP contribution in [0.1, 0.15) is 12.5 Å². The Labute approximate surface area is 89.0 Å². The minimum atomic E-state index is 0.899. The van der Waals surface area contributed by atoms with E-state index in [1.807, 2.05) is 5.06 Å². The van der Waals surface area contributed by atoms with Gasteiger partial charge in [0.1, 0.15) is 0 Å². The van der Waals surface area contributed by atoms with Gasteiger partial charge < -0.3 is 4.84 Å². The standard InChI is InChI=1S/C13H13NO/c1-2-14-9-11-8-7-10-5-3-4-6-12(10)13(11)15-14/h3-8H,2,9H2,1H3. The fraction of sp³-hybridized carbons (Fsp3) is 0.231. The summed E-state index contributed by atoms with van der Waals surface area (Å²) < 4.78 is 0. The summed E-state index contributed by atoms with van der Waals surface area (Å²) in [4.78, 5) is 5.80. The quantitative estimate of drug-likeness (QED) is 0.700. The molecule has 0 radical (unpaired) electrons. The molecule has 2 nitrogen and oxygen atoms in total. The van der Waals surface area contributed by atoms with Crippen LogP contribution in [0.25, 0.3) is 10.8 Å². The van der Waals surface area contributed by atoms with E-state index in [2.05, 4.69) is 43.3 Å². The maximum Gasteiger partial charge on any atom is 0.159 e. The van der Waals surface area contributed by atoms with Gasteiger partial charge >= 0.3 is 0 Å². The molecular formula is C13H13NO. The Kier molecular flexibility index (Phi) is 1.89. The Bertz CT molecular complexity index is 507. The maximum atomic E-state index is 5.80. The van der Waals surface area contributed by atoms with Crippen LogP contribution in [0, 0.1) is 0 Å². The van der Waals surface area contributed by atoms with Crippen molar-refractivity contribution in [1.82, 2.24) is 5.06 Å². The summed E-state index contributed by atoms with van der Waals surface area (Å²) in [5.74, 6) is 1.04. The maximum absolute atomic E-state index is 5.80. The van der Waals surface area contributed by atoms with Crippen molar-refractivity contribution >= 4 is 10.8 Å². The monoisotopic (exact) mass is 199 g/mol. The van der Waals surface area contributed by atoms with Crippen molar-refractivity contribution in [3.8, 4) is 5.75 Å². The van der Waals surface area contributed by atoms with Gasteiger partial charge in [-0.05, 0) is 12.3 Å². The summed E-state index contributed by atoms with van der Waals surface area (Å²) in [5, 5.41) is 4.44. The molecule has 76 valence electrons. The van der Waals surface area contributed by atoms with Gasteiger partial charge in [-0.2, -0.15) is 0 Å². The molecule has 0 spiro atoms. The van der Waals surface area contributed by atoms with Gasteiger partial charge in [0, 0.05) is 17.5 Å². The lowest BCUT2D eigenvalue weighted by atomic mass is 10.1. The molecule has 0 bridgehead atoms. The van der Waals surface area contributed by atoms with Crippen LogP contribution in [0.4, 0.5) is 0 Å². The molecule has 0 atom stereocenters. The van der Waals surface area contributed by atoms with Crippen molar-refractivity contribution in [3.05, 3.63) is 42.0 Å². The van der Waals surface area contributed by atoms with Crippen molar-refractivity contribution in [3.63, 3.8) is 0 Å². The molecule has 0 unspecified atom stereocenters. The number of hydrogen-bond donors (Lipinski definition) is 0. The van der Waals surface area contributed by atoms with E-state index >= 15 is 0 Å². The first-order chi connectivity index (χ1) is 7.38. The summed E-state index contributed by atoms with van der Waals surface area (Å²) in [6.45, 7) is 3.92. The molecule has 1 heterocycles. The average molecular weight is 199 g/mol. The molecule has 0 amide bonds. The SMILES string of the molecule is CCN1Cc2ccc3ccccc3c2O1. The van der Waals surface area contributed by atoms with Crippen LogP contribution in [0.3, 0.4) is 0 Å². The Morgan fingerprint density at radius 3 is 2.93 bits per heavy atom. The van der Waals surface area contributed by atoms with Crippen LogP contribution < -0.4 is 4.84 Å². The number of rotatable bonds is 1. The summed E-state index contributed by atoms with van der Waals surface area (Å²) in [7, 11) is 0. The average Bonchev–Trinajstić information content (AvgIpc) is 2.72. The van der Waals surface area contributed by atoms with E-state index in [0.29, 0.717) is 0 Å². The molecule has 3 rings (SSSR count). The Morgan fingerprint density at radius 1 is 1.20 bits per heavy atom. The van der Waals surface area contributed by atoms with Crippen LogP contribution in [-0.2, 0) is 6.54 Å². The highest BCUT2D eigenvalue weighted by Gasteiger charge is 2.21. The van der Waals surface area contributed by atoms with E-state index in [1.165, 1.54) is 16.3 Å². The van der Waals surface area contributed by atoms with E-state index in [-0.39, 0.29) is 0 Å². The minimum Gasteiger partial charge on any atom is -0.405 e. The van der Waals surface area contributed by atoms with Crippen molar-refractivity contribution in [2.24, 2.45) is 0 Å². The molecule has 1 aliphatic rings. The van der Waals surface area contributed by atoms with Gasteiger partial charge in [0.25, 0.3) is 0 Å². The topological polar surface area (TPSA) is 12.5 Å². The largest absolute Gasteiger partial charge is 0.405 e. The Morgan fingerprint density at radius 2 is 2.07 bits per heavy atom. The first-order valence-electron chi connectivity index (χ1n) is 5.32. The number of hydroxylamine groups is 2. The zero-order valence-corrected chi connectivity index (χ0v) is 8.73. The normalized spacial score (nSPS) is 15.3. The van der Waals surface area contributed by atoms with Crippen LogP contribution in [0.2, 0.25) is 0 Å². The van der Waals surface area contributed by atoms with E-state index in [4.69, 9.17) is 4.84 Å². The molecule has 0 saturated heterocycles. The zero-order chi connectivity index (χ0) is 10.3. The van der Waals surface area contributed by atoms with Crippen LogP contribution in [0.15, 0.2) is 36.4 Å². The molecule has 1 aliphatic heterocycles. The van der Waals surface area contributed by atoms with E-state index in [9.17, 15) is 0 Å². The number of fused-ring (bicyclic) bond motifs is 3. The van der Waals surface area contributed by atoms with Crippen molar-refractivity contribution in [1.29, 1.82) is 0 Å². The van der Waals surface area contributed by atoms with Gasteiger partial charge in [-0.25, -0.2) is 0 Å². The van der Waals surface area contributed by atoms with Crippen molar-refractivity contribution < 1.29 is 4.84 Å². The Balaban J connectivity index is 2.20. The zero-order valence-electron chi connectivity index (χ0n) is 8.73. The van der Waals surface area contributed by atoms with Crippen LogP contribution in [0.5, 0.6) is 5.75 Å². The lowest BCUT2D eigenvalue weighted by molar-refractivity contribution is -0.0360. The highest BCUT2D eigenvalue weighted by atomic mass is 16.7. The fourth-order valence-corrected chi connectivity index (χ4v) is 2.05. The van der Waals surface area contributed by atoms with Gasteiger partial charge in [-0.15, -0.1) is 5.06 Å². The van der Waals surface area contributed by atoms with E-state index in [0.717, 1.165) is 18.8 Å². The van der Waals surface area contributed by atoms with Gasteiger partial charge in [0.05, 0.1) is 6.54 Å². The van der Waals surface area contributed by atoms with Gasteiger partial charge in [-0.1, -0.05) is 36.4 Å². The second kappa shape index (κ2) is 3.24. The highest BCUT2D eigenvalue weighted by molar-refractivity contribution is 5.89. The van der Waals surface area contributed by atoms with Crippen LogP contribution >= 0.6 is 0 Å². The van der Waals surface area contributed by atoms with Gasteiger partial charge in [0.15, 0.2) is 5.75 Å². The molecule has 0 aromatic heterocycles. The Hall–Kier alpha value is -1.54.